The number of phenols is 1. The molecule has 3 heteroatoms. The number of aliphatic hydroxyl groups is 1. The van der Waals surface area contributed by atoms with Crippen molar-refractivity contribution in [1.29, 1.82) is 0 Å². The molecule has 0 fully saturated rings. The summed E-state index contributed by atoms with van der Waals surface area (Å²) in [5.41, 5.74) is 0.440. The van der Waals surface area contributed by atoms with Gasteiger partial charge in [0.15, 0.2) is 5.78 Å². The predicted molar refractivity (Wildman–Crippen MR) is 63.2 cm³/mol. The van der Waals surface area contributed by atoms with Gasteiger partial charge in [0, 0.05) is 0 Å². The number of ketones is 1. The Morgan fingerprint density at radius 2 is 1.94 bits per heavy atom. The Balaban J connectivity index is 3.35. The van der Waals surface area contributed by atoms with E-state index in [1.807, 2.05) is 0 Å². The third kappa shape index (κ3) is 2.51. The third-order valence-corrected chi connectivity index (χ3v) is 2.13. The fourth-order valence-corrected chi connectivity index (χ4v) is 1.35. The van der Waals surface area contributed by atoms with Crippen LogP contribution in [0.5, 0.6) is 5.75 Å². The molecule has 0 unspecified atom stereocenters. The van der Waals surface area contributed by atoms with E-state index in [9.17, 15) is 15.0 Å². The number of Topliss-reactive ketones (excluding diaryl/α,β-unsaturated/α-hetero) is 1. The van der Waals surface area contributed by atoms with Crippen molar-refractivity contribution in [1.82, 2.24) is 0 Å². The lowest BCUT2D eigenvalue weighted by atomic mass is 10.0. The van der Waals surface area contributed by atoms with E-state index in [-0.39, 0.29) is 28.4 Å². The van der Waals surface area contributed by atoms with E-state index in [0.29, 0.717) is 0 Å². The molecule has 0 aliphatic carbocycles. The first-order valence-electron chi connectivity index (χ1n) is 4.93. The quantitative estimate of drug-likeness (QED) is 0.466. The fourth-order valence-electron chi connectivity index (χ4n) is 1.35. The van der Waals surface area contributed by atoms with Crippen LogP contribution in [0, 0.1) is 0 Å². The lowest BCUT2D eigenvalue weighted by Gasteiger charge is -2.06. The maximum absolute atomic E-state index is 11.3. The van der Waals surface area contributed by atoms with Gasteiger partial charge in [-0.3, -0.25) is 4.79 Å². The highest BCUT2D eigenvalue weighted by Crippen LogP contribution is 2.25. The Morgan fingerprint density at radius 3 is 2.44 bits per heavy atom. The van der Waals surface area contributed by atoms with E-state index in [1.165, 1.54) is 19.1 Å². The maximum Gasteiger partial charge on any atom is 0.163 e. The number of carbonyl (C=O) groups excluding carboxylic acids is 1. The van der Waals surface area contributed by atoms with Crippen molar-refractivity contribution < 1.29 is 15.0 Å². The van der Waals surface area contributed by atoms with Crippen LogP contribution >= 0.6 is 0 Å². The fraction of sp³-hybridized carbons (Fsp3) is 0.154. The monoisotopic (exact) mass is 218 g/mol. The van der Waals surface area contributed by atoms with E-state index in [0.717, 1.165) is 0 Å². The number of carbonyl (C=O) groups is 1. The maximum atomic E-state index is 11.3. The molecule has 1 rings (SSSR count). The summed E-state index contributed by atoms with van der Waals surface area (Å²) in [6.07, 6.45) is 3.18. The molecule has 0 radical (unpaired) electrons. The summed E-state index contributed by atoms with van der Waals surface area (Å²) < 4.78 is 0. The van der Waals surface area contributed by atoms with Gasteiger partial charge in [0.05, 0.1) is 11.1 Å². The van der Waals surface area contributed by atoms with Gasteiger partial charge in [-0.05, 0) is 26.0 Å². The summed E-state index contributed by atoms with van der Waals surface area (Å²) in [5.74, 6) is -0.509. The van der Waals surface area contributed by atoms with E-state index in [4.69, 9.17) is 0 Å². The minimum Gasteiger partial charge on any atom is -0.507 e. The Labute approximate surface area is 94.4 Å². The molecule has 1 aromatic carbocycles. The molecule has 0 spiro atoms. The van der Waals surface area contributed by atoms with Crippen molar-refractivity contribution in [3.8, 4) is 5.75 Å². The summed E-state index contributed by atoms with van der Waals surface area (Å²) in [6.45, 7) is 3.12. The molecule has 2 N–H and O–H groups in total. The van der Waals surface area contributed by atoms with Crippen molar-refractivity contribution in [3.63, 3.8) is 0 Å². The van der Waals surface area contributed by atoms with Crippen LogP contribution in [0.4, 0.5) is 0 Å². The van der Waals surface area contributed by atoms with Crippen LogP contribution in [0.1, 0.15) is 19.4 Å². The molecule has 0 aliphatic rings. The van der Waals surface area contributed by atoms with Gasteiger partial charge in [0.25, 0.3) is 0 Å². The molecule has 3 nitrogen and oxygen atoms in total. The largest absolute Gasteiger partial charge is 0.507 e. The summed E-state index contributed by atoms with van der Waals surface area (Å²) in [5, 5.41) is 19.5. The van der Waals surface area contributed by atoms with Crippen molar-refractivity contribution in [3.05, 3.63) is 47.6 Å². The summed E-state index contributed by atoms with van der Waals surface area (Å²) >= 11 is 0. The summed E-state index contributed by atoms with van der Waals surface area (Å²) in [7, 11) is 0. The SMILES string of the molecule is C/C=C\C(C(C)=O)=C(O)c1ccccc1O. The zero-order chi connectivity index (χ0) is 12.1. The molecular formula is C13H14O3. The molecular weight excluding hydrogens is 204 g/mol. The molecule has 0 saturated heterocycles. The van der Waals surface area contributed by atoms with Crippen LogP contribution < -0.4 is 0 Å². The molecule has 0 heterocycles. The topological polar surface area (TPSA) is 57.5 Å². The Kier molecular flexibility index (Phi) is 3.89. The molecule has 0 aliphatic heterocycles. The first-order valence-corrected chi connectivity index (χ1v) is 4.93. The van der Waals surface area contributed by atoms with Crippen LogP contribution in [0.25, 0.3) is 5.76 Å². The minimum absolute atomic E-state index is 0.0525. The van der Waals surface area contributed by atoms with Crippen molar-refractivity contribution >= 4 is 11.5 Å². The average Bonchev–Trinajstić information content (AvgIpc) is 2.25. The van der Waals surface area contributed by atoms with Crippen molar-refractivity contribution in [2.75, 3.05) is 0 Å². The van der Waals surface area contributed by atoms with Crippen LogP contribution in [0.3, 0.4) is 0 Å². The molecule has 0 amide bonds. The second kappa shape index (κ2) is 5.16. The highest BCUT2D eigenvalue weighted by Gasteiger charge is 2.12. The van der Waals surface area contributed by atoms with Gasteiger partial charge in [-0.2, -0.15) is 0 Å². The molecule has 0 atom stereocenters. The highest BCUT2D eigenvalue weighted by molar-refractivity contribution is 6.02. The Bertz CT molecular complexity index is 456. The molecule has 0 aromatic heterocycles. The normalized spacial score (nSPS) is 12.6. The number of phenolic OH excluding ortho intramolecular Hbond substituents is 1. The third-order valence-electron chi connectivity index (χ3n) is 2.13. The van der Waals surface area contributed by atoms with Gasteiger partial charge in [0.1, 0.15) is 11.5 Å². The van der Waals surface area contributed by atoms with E-state index < -0.39 is 0 Å². The summed E-state index contributed by atoms with van der Waals surface area (Å²) in [4.78, 5) is 11.3. The van der Waals surface area contributed by atoms with Crippen LogP contribution in [-0.4, -0.2) is 16.0 Å². The first-order chi connectivity index (χ1) is 7.57. The molecule has 0 bridgehead atoms. The van der Waals surface area contributed by atoms with Gasteiger partial charge in [-0.1, -0.05) is 24.3 Å². The number of hydrogen-bond acceptors (Lipinski definition) is 3. The van der Waals surface area contributed by atoms with Crippen LogP contribution in [-0.2, 0) is 4.79 Å². The number of benzene rings is 1. The zero-order valence-corrected chi connectivity index (χ0v) is 9.27. The van der Waals surface area contributed by atoms with E-state index in [2.05, 4.69) is 0 Å². The number of hydrogen-bond donors (Lipinski definition) is 2. The standard InChI is InChI=1S/C13H14O3/c1-3-6-10(9(2)14)13(16)11-7-4-5-8-12(11)15/h3-8,15-16H,1-2H3/b6-3-,13-10?. The minimum atomic E-state index is -0.251. The lowest BCUT2D eigenvalue weighted by molar-refractivity contribution is -0.113. The lowest BCUT2D eigenvalue weighted by Crippen LogP contribution is -1.99. The van der Waals surface area contributed by atoms with Gasteiger partial charge >= 0.3 is 0 Å². The number of aliphatic hydroxyl groups excluding tert-OH is 1. The molecule has 1 aromatic rings. The van der Waals surface area contributed by atoms with E-state index in [1.54, 1.807) is 31.2 Å². The second-order valence-electron chi connectivity index (χ2n) is 3.34. The van der Waals surface area contributed by atoms with Crippen LogP contribution in [0.2, 0.25) is 0 Å². The summed E-state index contributed by atoms with van der Waals surface area (Å²) in [6, 6.07) is 6.34. The number of allylic oxidation sites excluding steroid dienone is 3. The second-order valence-corrected chi connectivity index (χ2v) is 3.34. The van der Waals surface area contributed by atoms with E-state index >= 15 is 0 Å². The van der Waals surface area contributed by atoms with Crippen molar-refractivity contribution in [2.45, 2.75) is 13.8 Å². The van der Waals surface area contributed by atoms with Gasteiger partial charge in [-0.25, -0.2) is 0 Å². The molecule has 0 saturated carbocycles. The van der Waals surface area contributed by atoms with Crippen molar-refractivity contribution in [2.24, 2.45) is 0 Å². The predicted octanol–water partition coefficient (Wildman–Crippen LogP) is 2.83. The van der Waals surface area contributed by atoms with Gasteiger partial charge in [0.2, 0.25) is 0 Å². The molecule has 84 valence electrons. The smallest absolute Gasteiger partial charge is 0.163 e. The molecule has 16 heavy (non-hydrogen) atoms. The number of aromatic hydroxyl groups is 1. The highest BCUT2D eigenvalue weighted by atomic mass is 16.3. The Hall–Kier alpha value is -2.03. The number of rotatable bonds is 3. The first kappa shape index (κ1) is 12.0. The zero-order valence-electron chi connectivity index (χ0n) is 9.27. The Morgan fingerprint density at radius 1 is 1.31 bits per heavy atom. The average molecular weight is 218 g/mol. The van der Waals surface area contributed by atoms with Gasteiger partial charge in [-0.15, -0.1) is 0 Å². The number of para-hydroxylation sites is 1. The van der Waals surface area contributed by atoms with Gasteiger partial charge < -0.3 is 10.2 Å². The van der Waals surface area contributed by atoms with Crippen LogP contribution in [0.15, 0.2) is 42.0 Å².